The second-order valence-corrected chi connectivity index (χ2v) is 5.02. The standard InChI is InChI=1S/C12H19N5O/c1-8-10-11(16(2)15-8)17(12(13)14-10)5-6-18-7-9-3-4-9/h9H,3-7H2,1-2H3,(H2,13,14). The van der Waals surface area contributed by atoms with Crippen molar-refractivity contribution in [3.05, 3.63) is 5.69 Å². The van der Waals surface area contributed by atoms with E-state index in [0.29, 0.717) is 12.6 Å². The molecule has 0 unspecified atom stereocenters. The second-order valence-electron chi connectivity index (χ2n) is 5.02. The molecule has 1 aliphatic rings. The van der Waals surface area contributed by atoms with Crippen molar-refractivity contribution in [3.63, 3.8) is 0 Å². The maximum Gasteiger partial charge on any atom is 0.202 e. The van der Waals surface area contributed by atoms with E-state index >= 15 is 0 Å². The first-order valence-corrected chi connectivity index (χ1v) is 6.40. The summed E-state index contributed by atoms with van der Waals surface area (Å²) in [6.45, 7) is 4.23. The molecule has 2 N–H and O–H groups in total. The third-order valence-electron chi connectivity index (χ3n) is 3.43. The molecule has 0 saturated heterocycles. The Balaban J connectivity index is 1.74. The number of aryl methyl sites for hydroxylation is 2. The zero-order valence-electron chi connectivity index (χ0n) is 10.9. The van der Waals surface area contributed by atoms with Crippen LogP contribution in [0, 0.1) is 12.8 Å². The SMILES string of the molecule is Cc1nn(C)c2c1nc(N)n2CCOCC1CC1. The van der Waals surface area contributed by atoms with Crippen LogP contribution >= 0.6 is 0 Å². The average Bonchev–Trinajstić information content (AvgIpc) is 3.03. The minimum Gasteiger partial charge on any atom is -0.379 e. The quantitative estimate of drug-likeness (QED) is 0.805. The Morgan fingerprint density at radius 3 is 2.94 bits per heavy atom. The van der Waals surface area contributed by atoms with Gasteiger partial charge in [0.25, 0.3) is 0 Å². The summed E-state index contributed by atoms with van der Waals surface area (Å²) in [5, 5.41) is 4.36. The predicted molar refractivity (Wildman–Crippen MR) is 69.2 cm³/mol. The monoisotopic (exact) mass is 249 g/mol. The first kappa shape index (κ1) is 11.5. The van der Waals surface area contributed by atoms with E-state index < -0.39 is 0 Å². The van der Waals surface area contributed by atoms with Gasteiger partial charge in [0.2, 0.25) is 5.95 Å². The van der Waals surface area contributed by atoms with Gasteiger partial charge in [-0.1, -0.05) is 0 Å². The molecule has 1 saturated carbocycles. The van der Waals surface area contributed by atoms with Crippen LogP contribution in [-0.4, -0.2) is 32.5 Å². The van der Waals surface area contributed by atoms with E-state index in [1.807, 2.05) is 23.2 Å². The Morgan fingerprint density at radius 1 is 1.44 bits per heavy atom. The Morgan fingerprint density at radius 2 is 2.22 bits per heavy atom. The molecule has 18 heavy (non-hydrogen) atoms. The van der Waals surface area contributed by atoms with Crippen LogP contribution in [0.5, 0.6) is 0 Å². The Hall–Kier alpha value is -1.56. The zero-order valence-corrected chi connectivity index (χ0v) is 10.9. The van der Waals surface area contributed by atoms with Crippen molar-refractivity contribution < 1.29 is 4.74 Å². The van der Waals surface area contributed by atoms with Gasteiger partial charge >= 0.3 is 0 Å². The van der Waals surface area contributed by atoms with Crippen LogP contribution in [0.3, 0.4) is 0 Å². The minimum atomic E-state index is 0.538. The molecule has 6 heteroatoms. The molecule has 0 spiro atoms. The van der Waals surface area contributed by atoms with Crippen LogP contribution in [0.2, 0.25) is 0 Å². The van der Waals surface area contributed by atoms with Gasteiger partial charge in [-0.3, -0.25) is 9.25 Å². The molecule has 0 amide bonds. The lowest BCUT2D eigenvalue weighted by molar-refractivity contribution is 0.118. The molecule has 6 nitrogen and oxygen atoms in total. The van der Waals surface area contributed by atoms with Crippen molar-refractivity contribution in [2.45, 2.75) is 26.3 Å². The number of nitrogens with zero attached hydrogens (tertiary/aromatic N) is 4. The van der Waals surface area contributed by atoms with Gasteiger partial charge < -0.3 is 10.5 Å². The summed E-state index contributed by atoms with van der Waals surface area (Å²) in [4.78, 5) is 4.36. The molecular formula is C12H19N5O. The van der Waals surface area contributed by atoms with Gasteiger partial charge in [-0.2, -0.15) is 5.10 Å². The fourth-order valence-electron chi connectivity index (χ4n) is 2.26. The topological polar surface area (TPSA) is 70.9 Å². The molecule has 0 aromatic carbocycles. The highest BCUT2D eigenvalue weighted by Gasteiger charge is 2.21. The number of hydrogen-bond acceptors (Lipinski definition) is 4. The molecule has 98 valence electrons. The van der Waals surface area contributed by atoms with Crippen LogP contribution in [0.25, 0.3) is 11.2 Å². The van der Waals surface area contributed by atoms with Gasteiger partial charge in [0.1, 0.15) is 5.52 Å². The van der Waals surface area contributed by atoms with Gasteiger partial charge in [-0.15, -0.1) is 0 Å². The smallest absolute Gasteiger partial charge is 0.202 e. The zero-order chi connectivity index (χ0) is 12.7. The van der Waals surface area contributed by atoms with Crippen molar-refractivity contribution in [1.29, 1.82) is 0 Å². The Bertz CT molecular complexity index is 567. The van der Waals surface area contributed by atoms with E-state index in [0.717, 1.165) is 35.9 Å². The van der Waals surface area contributed by atoms with Crippen molar-refractivity contribution in [1.82, 2.24) is 19.3 Å². The second kappa shape index (κ2) is 4.28. The normalized spacial score (nSPS) is 15.7. The minimum absolute atomic E-state index is 0.538. The highest BCUT2D eigenvalue weighted by Crippen LogP contribution is 2.28. The maximum absolute atomic E-state index is 5.95. The summed E-state index contributed by atoms with van der Waals surface area (Å²) in [5.74, 6) is 1.33. The highest BCUT2D eigenvalue weighted by atomic mass is 16.5. The number of ether oxygens (including phenoxy) is 1. The summed E-state index contributed by atoms with van der Waals surface area (Å²) >= 11 is 0. The van der Waals surface area contributed by atoms with Crippen molar-refractivity contribution in [2.24, 2.45) is 13.0 Å². The fraction of sp³-hybridized carbons (Fsp3) is 0.667. The third kappa shape index (κ3) is 1.96. The number of nitrogen functional groups attached to an aromatic ring is 1. The molecule has 0 aliphatic heterocycles. The van der Waals surface area contributed by atoms with Crippen molar-refractivity contribution >= 4 is 17.1 Å². The summed E-state index contributed by atoms with van der Waals surface area (Å²) in [6.07, 6.45) is 2.64. The molecule has 1 fully saturated rings. The summed E-state index contributed by atoms with van der Waals surface area (Å²) in [7, 11) is 1.91. The first-order chi connectivity index (χ1) is 8.66. The molecule has 0 atom stereocenters. The van der Waals surface area contributed by atoms with E-state index in [2.05, 4.69) is 10.1 Å². The molecular weight excluding hydrogens is 230 g/mol. The van der Waals surface area contributed by atoms with Crippen molar-refractivity contribution in [2.75, 3.05) is 18.9 Å². The number of hydrogen-bond donors (Lipinski definition) is 1. The fourth-order valence-corrected chi connectivity index (χ4v) is 2.26. The third-order valence-corrected chi connectivity index (χ3v) is 3.43. The summed E-state index contributed by atoms with van der Waals surface area (Å²) in [5.41, 5.74) is 8.72. The van der Waals surface area contributed by atoms with Crippen LogP contribution in [0.1, 0.15) is 18.5 Å². The van der Waals surface area contributed by atoms with Crippen LogP contribution in [0.4, 0.5) is 5.95 Å². The van der Waals surface area contributed by atoms with Gasteiger partial charge in [0, 0.05) is 13.7 Å². The van der Waals surface area contributed by atoms with E-state index in [1.54, 1.807) is 0 Å². The summed E-state index contributed by atoms with van der Waals surface area (Å²) in [6, 6.07) is 0. The van der Waals surface area contributed by atoms with E-state index in [4.69, 9.17) is 10.5 Å². The largest absolute Gasteiger partial charge is 0.379 e. The number of fused-ring (bicyclic) bond motifs is 1. The number of rotatable bonds is 5. The molecule has 0 radical (unpaired) electrons. The molecule has 2 aromatic heterocycles. The number of nitrogens with two attached hydrogens (primary N) is 1. The maximum atomic E-state index is 5.95. The Labute approximate surface area is 106 Å². The van der Waals surface area contributed by atoms with Gasteiger partial charge in [0.05, 0.1) is 18.8 Å². The number of imidazole rings is 1. The van der Waals surface area contributed by atoms with Gasteiger partial charge in [-0.25, -0.2) is 4.98 Å². The Kier molecular flexibility index (Phi) is 2.74. The van der Waals surface area contributed by atoms with Crippen LogP contribution in [0.15, 0.2) is 0 Å². The van der Waals surface area contributed by atoms with E-state index in [-0.39, 0.29) is 0 Å². The molecule has 0 bridgehead atoms. The average molecular weight is 249 g/mol. The molecule has 2 heterocycles. The van der Waals surface area contributed by atoms with Gasteiger partial charge in [-0.05, 0) is 25.7 Å². The van der Waals surface area contributed by atoms with Gasteiger partial charge in [0.15, 0.2) is 5.65 Å². The van der Waals surface area contributed by atoms with Crippen molar-refractivity contribution in [3.8, 4) is 0 Å². The van der Waals surface area contributed by atoms with Crippen LogP contribution in [-0.2, 0) is 18.3 Å². The predicted octanol–water partition coefficient (Wildman–Crippen LogP) is 1.09. The lowest BCUT2D eigenvalue weighted by Gasteiger charge is -2.07. The molecule has 3 rings (SSSR count). The van der Waals surface area contributed by atoms with Crippen LogP contribution < -0.4 is 5.73 Å². The lowest BCUT2D eigenvalue weighted by atomic mass is 10.4. The number of anilines is 1. The van der Waals surface area contributed by atoms with E-state index in [9.17, 15) is 0 Å². The molecule has 2 aromatic rings. The lowest BCUT2D eigenvalue weighted by Crippen LogP contribution is -2.12. The van der Waals surface area contributed by atoms with E-state index in [1.165, 1.54) is 12.8 Å². The number of aromatic nitrogens is 4. The molecule has 1 aliphatic carbocycles. The highest BCUT2D eigenvalue weighted by molar-refractivity contribution is 5.77. The summed E-state index contributed by atoms with van der Waals surface area (Å²) < 4.78 is 9.45. The first-order valence-electron chi connectivity index (χ1n) is 6.40.